The molecule has 0 bridgehead atoms. The van der Waals surface area contributed by atoms with Gasteiger partial charge in [-0.25, -0.2) is 0 Å². The normalized spacial score (nSPS) is 17.5. The first-order valence-electron chi connectivity index (χ1n) is 11.4. The Labute approximate surface area is 194 Å². The molecule has 2 aromatic rings. The third-order valence-corrected chi connectivity index (χ3v) is 7.15. The second-order valence-corrected chi connectivity index (χ2v) is 9.43. The molecule has 1 aromatic carbocycles. The standard InChI is InChI=1S/C23H32N6O2S/c1-19-24-25-23(29(19)16-20-8-4-2-5-9-20)32-18-22(31)28-14-12-26(13-15-28)17-21(30)27-10-6-3-7-11-27/h2,4-5,8-9H,3,6-7,10-18H2,1H3. The van der Waals surface area contributed by atoms with Gasteiger partial charge in [-0.15, -0.1) is 10.2 Å². The average molecular weight is 457 g/mol. The lowest BCUT2D eigenvalue weighted by Gasteiger charge is -2.36. The summed E-state index contributed by atoms with van der Waals surface area (Å²) >= 11 is 1.44. The molecule has 8 nitrogen and oxygen atoms in total. The Kier molecular flexibility index (Phi) is 7.81. The zero-order valence-electron chi connectivity index (χ0n) is 18.8. The summed E-state index contributed by atoms with van der Waals surface area (Å²) in [7, 11) is 0. The van der Waals surface area contributed by atoms with Crippen molar-refractivity contribution in [2.75, 3.05) is 51.6 Å². The number of aromatic nitrogens is 3. The van der Waals surface area contributed by atoms with Gasteiger partial charge in [-0.3, -0.25) is 14.5 Å². The summed E-state index contributed by atoms with van der Waals surface area (Å²) in [4.78, 5) is 31.3. The third-order valence-electron chi connectivity index (χ3n) is 6.20. The lowest BCUT2D eigenvalue weighted by Crippen LogP contribution is -2.52. The van der Waals surface area contributed by atoms with Crippen LogP contribution in [-0.2, 0) is 16.1 Å². The summed E-state index contributed by atoms with van der Waals surface area (Å²) in [5.41, 5.74) is 1.18. The van der Waals surface area contributed by atoms with E-state index in [4.69, 9.17) is 0 Å². The number of nitrogens with zero attached hydrogens (tertiary/aromatic N) is 6. The lowest BCUT2D eigenvalue weighted by atomic mass is 10.1. The SMILES string of the molecule is Cc1nnc(SCC(=O)N2CCN(CC(=O)N3CCCCC3)CC2)n1Cc1ccccc1. The third kappa shape index (κ3) is 5.89. The van der Waals surface area contributed by atoms with E-state index >= 15 is 0 Å². The number of piperazine rings is 1. The fourth-order valence-electron chi connectivity index (χ4n) is 4.22. The summed E-state index contributed by atoms with van der Waals surface area (Å²) in [5.74, 6) is 1.53. The molecule has 0 unspecified atom stereocenters. The van der Waals surface area contributed by atoms with Crippen molar-refractivity contribution in [3.05, 3.63) is 41.7 Å². The van der Waals surface area contributed by atoms with E-state index in [0.29, 0.717) is 31.9 Å². The predicted molar refractivity (Wildman–Crippen MR) is 124 cm³/mol. The van der Waals surface area contributed by atoms with Crippen molar-refractivity contribution >= 4 is 23.6 Å². The molecule has 0 radical (unpaired) electrons. The van der Waals surface area contributed by atoms with Gasteiger partial charge in [0.1, 0.15) is 5.82 Å². The summed E-state index contributed by atoms with van der Waals surface area (Å²) in [6.07, 6.45) is 3.46. The quantitative estimate of drug-likeness (QED) is 0.593. The fraction of sp³-hybridized carbons (Fsp3) is 0.565. The molecule has 2 amide bonds. The van der Waals surface area contributed by atoms with E-state index in [-0.39, 0.29) is 11.8 Å². The summed E-state index contributed by atoms with van der Waals surface area (Å²) < 4.78 is 2.05. The Bertz CT molecular complexity index is 904. The van der Waals surface area contributed by atoms with Gasteiger partial charge in [0.05, 0.1) is 18.8 Å². The first kappa shape index (κ1) is 22.8. The summed E-state index contributed by atoms with van der Waals surface area (Å²) in [6.45, 7) is 7.72. The van der Waals surface area contributed by atoms with E-state index in [2.05, 4.69) is 31.8 Å². The van der Waals surface area contributed by atoms with Gasteiger partial charge in [-0.1, -0.05) is 42.1 Å². The van der Waals surface area contributed by atoms with Crippen molar-refractivity contribution < 1.29 is 9.59 Å². The molecule has 32 heavy (non-hydrogen) atoms. The van der Waals surface area contributed by atoms with E-state index in [1.54, 1.807) is 0 Å². The topological polar surface area (TPSA) is 74.6 Å². The van der Waals surface area contributed by atoms with Crippen LogP contribution in [0.1, 0.15) is 30.7 Å². The van der Waals surface area contributed by atoms with Crippen molar-refractivity contribution in [3.8, 4) is 0 Å². The Morgan fingerprint density at radius 3 is 2.28 bits per heavy atom. The van der Waals surface area contributed by atoms with E-state index in [1.165, 1.54) is 23.7 Å². The predicted octanol–water partition coefficient (Wildman–Crippen LogP) is 1.88. The van der Waals surface area contributed by atoms with Crippen LogP contribution < -0.4 is 0 Å². The molecule has 0 atom stereocenters. The van der Waals surface area contributed by atoms with Crippen molar-refractivity contribution in [1.29, 1.82) is 0 Å². The average Bonchev–Trinajstić information content (AvgIpc) is 3.18. The highest BCUT2D eigenvalue weighted by atomic mass is 32.2. The van der Waals surface area contributed by atoms with E-state index in [1.807, 2.05) is 34.9 Å². The molecule has 2 saturated heterocycles. The van der Waals surface area contributed by atoms with Crippen LogP contribution in [0.2, 0.25) is 0 Å². The second kappa shape index (κ2) is 11.0. The van der Waals surface area contributed by atoms with Gasteiger partial charge >= 0.3 is 0 Å². The van der Waals surface area contributed by atoms with E-state index in [0.717, 1.165) is 50.0 Å². The van der Waals surface area contributed by atoms with Gasteiger partial charge in [0, 0.05) is 39.3 Å². The van der Waals surface area contributed by atoms with Crippen molar-refractivity contribution in [2.24, 2.45) is 0 Å². The van der Waals surface area contributed by atoms with Crippen LogP contribution in [0.4, 0.5) is 0 Å². The number of piperidine rings is 1. The van der Waals surface area contributed by atoms with Gasteiger partial charge in [-0.05, 0) is 31.7 Å². The van der Waals surface area contributed by atoms with Gasteiger partial charge in [0.15, 0.2) is 5.16 Å². The number of rotatable bonds is 7. The minimum absolute atomic E-state index is 0.115. The maximum Gasteiger partial charge on any atom is 0.236 e. The van der Waals surface area contributed by atoms with Crippen LogP contribution in [0, 0.1) is 6.92 Å². The smallest absolute Gasteiger partial charge is 0.236 e. The van der Waals surface area contributed by atoms with Gasteiger partial charge in [0.25, 0.3) is 0 Å². The molecule has 9 heteroatoms. The van der Waals surface area contributed by atoms with Gasteiger partial charge in [-0.2, -0.15) is 0 Å². The van der Waals surface area contributed by atoms with Gasteiger partial charge in [0.2, 0.25) is 11.8 Å². The molecular weight excluding hydrogens is 424 g/mol. The number of hydrogen-bond donors (Lipinski definition) is 0. The highest BCUT2D eigenvalue weighted by Crippen LogP contribution is 2.19. The zero-order chi connectivity index (χ0) is 22.3. The minimum Gasteiger partial charge on any atom is -0.342 e. The molecule has 0 N–H and O–H groups in total. The lowest BCUT2D eigenvalue weighted by molar-refractivity contribution is -0.134. The first-order valence-corrected chi connectivity index (χ1v) is 12.4. The number of carbonyl (C=O) groups excluding carboxylic acids is 2. The number of thioether (sulfide) groups is 1. The van der Waals surface area contributed by atoms with Crippen LogP contribution in [-0.4, -0.2) is 92.8 Å². The molecule has 0 saturated carbocycles. The number of amides is 2. The van der Waals surface area contributed by atoms with Crippen LogP contribution in [0.15, 0.2) is 35.5 Å². The molecule has 4 rings (SSSR count). The molecule has 2 aliphatic rings. The molecule has 1 aromatic heterocycles. The summed E-state index contributed by atoms with van der Waals surface area (Å²) in [5, 5.41) is 9.25. The highest BCUT2D eigenvalue weighted by molar-refractivity contribution is 7.99. The van der Waals surface area contributed by atoms with Crippen LogP contribution >= 0.6 is 11.8 Å². The summed E-state index contributed by atoms with van der Waals surface area (Å²) in [6, 6.07) is 10.2. The number of benzene rings is 1. The highest BCUT2D eigenvalue weighted by Gasteiger charge is 2.25. The van der Waals surface area contributed by atoms with Crippen LogP contribution in [0.5, 0.6) is 0 Å². The van der Waals surface area contributed by atoms with Crippen LogP contribution in [0.3, 0.4) is 0 Å². The number of aryl methyl sites for hydroxylation is 1. The number of hydrogen-bond acceptors (Lipinski definition) is 6. The molecular formula is C23H32N6O2S. The van der Waals surface area contributed by atoms with Crippen LogP contribution in [0.25, 0.3) is 0 Å². The fourth-order valence-corrected chi connectivity index (χ4v) is 5.11. The molecule has 2 fully saturated rings. The number of likely N-dealkylation sites (tertiary alicyclic amines) is 1. The van der Waals surface area contributed by atoms with Crippen molar-refractivity contribution in [2.45, 2.75) is 37.9 Å². The molecule has 0 spiro atoms. The maximum absolute atomic E-state index is 12.8. The zero-order valence-corrected chi connectivity index (χ0v) is 19.6. The van der Waals surface area contributed by atoms with Crippen molar-refractivity contribution in [1.82, 2.24) is 29.5 Å². The van der Waals surface area contributed by atoms with E-state index < -0.39 is 0 Å². The van der Waals surface area contributed by atoms with E-state index in [9.17, 15) is 9.59 Å². The molecule has 2 aliphatic heterocycles. The second-order valence-electron chi connectivity index (χ2n) is 8.49. The Hall–Kier alpha value is -2.39. The Balaban J connectivity index is 1.23. The molecule has 3 heterocycles. The minimum atomic E-state index is 0.115. The Morgan fingerprint density at radius 1 is 0.875 bits per heavy atom. The van der Waals surface area contributed by atoms with Gasteiger partial charge < -0.3 is 14.4 Å². The maximum atomic E-state index is 12.8. The monoisotopic (exact) mass is 456 g/mol. The number of carbonyl (C=O) groups is 2. The Morgan fingerprint density at radius 2 is 1.56 bits per heavy atom. The largest absolute Gasteiger partial charge is 0.342 e. The molecule has 0 aliphatic carbocycles. The van der Waals surface area contributed by atoms with Crippen molar-refractivity contribution in [3.63, 3.8) is 0 Å². The molecule has 172 valence electrons. The first-order chi connectivity index (χ1) is 15.6.